The van der Waals surface area contributed by atoms with Gasteiger partial charge in [-0.2, -0.15) is 11.8 Å². The van der Waals surface area contributed by atoms with Crippen LogP contribution in [0.25, 0.3) is 0 Å². The lowest BCUT2D eigenvalue weighted by molar-refractivity contribution is -0.00000404. The summed E-state index contributed by atoms with van der Waals surface area (Å²) in [5, 5.41) is 0.701. The fourth-order valence-electron chi connectivity index (χ4n) is 1.35. The van der Waals surface area contributed by atoms with Crippen LogP contribution in [0.5, 0.6) is 5.75 Å². The number of benzene rings is 1. The van der Waals surface area contributed by atoms with Crippen molar-refractivity contribution in [1.29, 1.82) is 0 Å². The Morgan fingerprint density at radius 2 is 2.17 bits per heavy atom. The van der Waals surface area contributed by atoms with E-state index in [4.69, 9.17) is 22.1 Å². The molecule has 5 heteroatoms. The highest BCUT2D eigenvalue weighted by molar-refractivity contribution is 7.98. The SMILES string of the molecule is CCCCOc1ccc(CSCCN)cc1Cl.[Cl-]. The summed E-state index contributed by atoms with van der Waals surface area (Å²) in [6.45, 7) is 3.59. The molecule has 0 aliphatic heterocycles. The molecule has 0 aliphatic rings. The summed E-state index contributed by atoms with van der Waals surface area (Å²) in [4.78, 5) is 0. The molecule has 1 aromatic rings. The molecule has 0 amide bonds. The fourth-order valence-corrected chi connectivity index (χ4v) is 2.33. The third kappa shape index (κ3) is 6.74. The van der Waals surface area contributed by atoms with E-state index in [2.05, 4.69) is 13.0 Å². The average Bonchev–Trinajstić information content (AvgIpc) is 2.32. The minimum Gasteiger partial charge on any atom is -1.00 e. The molecule has 0 atom stereocenters. The minimum atomic E-state index is 0. The van der Waals surface area contributed by atoms with Crippen LogP contribution in [-0.4, -0.2) is 18.9 Å². The summed E-state index contributed by atoms with van der Waals surface area (Å²) in [5.41, 5.74) is 6.67. The van der Waals surface area contributed by atoms with Crippen LogP contribution in [-0.2, 0) is 5.75 Å². The van der Waals surface area contributed by atoms with Gasteiger partial charge in [-0.3, -0.25) is 0 Å². The summed E-state index contributed by atoms with van der Waals surface area (Å²) < 4.78 is 5.60. The van der Waals surface area contributed by atoms with Gasteiger partial charge in [-0.25, -0.2) is 0 Å². The van der Waals surface area contributed by atoms with E-state index in [0.717, 1.165) is 43.2 Å². The second kappa shape index (κ2) is 10.8. The lowest BCUT2D eigenvalue weighted by Crippen LogP contribution is -3.00. The first-order valence-electron chi connectivity index (χ1n) is 5.97. The van der Waals surface area contributed by atoms with Crippen LogP contribution in [0.3, 0.4) is 0 Å². The molecular weight excluding hydrogens is 289 g/mol. The molecule has 0 heterocycles. The normalized spacial score (nSPS) is 9.94. The molecule has 0 unspecified atom stereocenters. The summed E-state index contributed by atoms with van der Waals surface area (Å²) in [6, 6.07) is 6.00. The van der Waals surface area contributed by atoms with Crippen LogP contribution >= 0.6 is 23.4 Å². The Balaban J connectivity index is 0.00000289. The highest BCUT2D eigenvalue weighted by Crippen LogP contribution is 2.27. The van der Waals surface area contributed by atoms with E-state index >= 15 is 0 Å². The zero-order valence-electron chi connectivity index (χ0n) is 10.6. The number of thioether (sulfide) groups is 1. The molecule has 1 aromatic carbocycles. The van der Waals surface area contributed by atoms with Crippen LogP contribution in [0.4, 0.5) is 0 Å². The smallest absolute Gasteiger partial charge is 0.137 e. The molecule has 0 saturated carbocycles. The van der Waals surface area contributed by atoms with Gasteiger partial charge < -0.3 is 22.9 Å². The Bertz CT molecular complexity index is 337. The molecular formula is C13H20Cl2NOS-. The van der Waals surface area contributed by atoms with Crippen LogP contribution in [0, 0.1) is 0 Å². The van der Waals surface area contributed by atoms with E-state index < -0.39 is 0 Å². The monoisotopic (exact) mass is 308 g/mol. The van der Waals surface area contributed by atoms with Gasteiger partial charge in [0.05, 0.1) is 11.6 Å². The first kappa shape index (κ1) is 17.9. The molecule has 0 bridgehead atoms. The van der Waals surface area contributed by atoms with Crippen molar-refractivity contribution in [3.63, 3.8) is 0 Å². The summed E-state index contributed by atoms with van der Waals surface area (Å²) in [5.74, 6) is 2.71. The summed E-state index contributed by atoms with van der Waals surface area (Å²) in [7, 11) is 0. The first-order valence-corrected chi connectivity index (χ1v) is 7.50. The molecule has 0 radical (unpaired) electrons. The molecule has 0 fully saturated rings. The average molecular weight is 309 g/mol. The van der Waals surface area contributed by atoms with Crippen molar-refractivity contribution < 1.29 is 17.1 Å². The second-order valence-electron chi connectivity index (χ2n) is 3.81. The van der Waals surface area contributed by atoms with Gasteiger partial charge in [0, 0.05) is 18.1 Å². The van der Waals surface area contributed by atoms with Gasteiger partial charge in [0.2, 0.25) is 0 Å². The number of rotatable bonds is 8. The standard InChI is InChI=1S/C13H20ClNOS.ClH/c1-2-3-7-16-13-5-4-11(9-12(13)14)10-17-8-6-15;/h4-5,9H,2-3,6-8,10,15H2,1H3;1H/p-1. The van der Waals surface area contributed by atoms with Gasteiger partial charge in [-0.1, -0.05) is 31.0 Å². The van der Waals surface area contributed by atoms with Crippen molar-refractivity contribution >= 4 is 23.4 Å². The molecule has 2 nitrogen and oxygen atoms in total. The van der Waals surface area contributed by atoms with Crippen LogP contribution in [0.2, 0.25) is 5.02 Å². The number of hydrogen-bond donors (Lipinski definition) is 1. The number of hydrogen-bond acceptors (Lipinski definition) is 3. The molecule has 0 aliphatic carbocycles. The fraction of sp³-hybridized carbons (Fsp3) is 0.538. The summed E-state index contributed by atoms with van der Waals surface area (Å²) >= 11 is 7.98. The van der Waals surface area contributed by atoms with Crippen LogP contribution in [0.1, 0.15) is 25.3 Å². The van der Waals surface area contributed by atoms with Crippen molar-refractivity contribution in [3.8, 4) is 5.75 Å². The van der Waals surface area contributed by atoms with Crippen LogP contribution in [0.15, 0.2) is 18.2 Å². The van der Waals surface area contributed by atoms with E-state index in [0.29, 0.717) is 5.02 Å². The Labute approximate surface area is 125 Å². The molecule has 1 rings (SSSR count). The number of unbranched alkanes of at least 4 members (excludes halogenated alkanes) is 1. The topological polar surface area (TPSA) is 35.2 Å². The van der Waals surface area contributed by atoms with Crippen molar-refractivity contribution in [1.82, 2.24) is 0 Å². The van der Waals surface area contributed by atoms with E-state index in [1.165, 1.54) is 5.56 Å². The molecule has 0 saturated heterocycles. The molecule has 0 spiro atoms. The Morgan fingerprint density at radius 1 is 1.39 bits per heavy atom. The third-order valence-electron chi connectivity index (χ3n) is 2.28. The molecule has 18 heavy (non-hydrogen) atoms. The zero-order chi connectivity index (χ0) is 12.5. The van der Waals surface area contributed by atoms with Crippen molar-refractivity contribution in [2.24, 2.45) is 5.73 Å². The van der Waals surface area contributed by atoms with Gasteiger partial charge in [0.25, 0.3) is 0 Å². The maximum absolute atomic E-state index is 6.16. The maximum Gasteiger partial charge on any atom is 0.137 e. The van der Waals surface area contributed by atoms with Crippen molar-refractivity contribution in [2.75, 3.05) is 18.9 Å². The highest BCUT2D eigenvalue weighted by Gasteiger charge is 2.03. The minimum absolute atomic E-state index is 0. The van der Waals surface area contributed by atoms with Gasteiger partial charge in [0.15, 0.2) is 0 Å². The largest absolute Gasteiger partial charge is 1.00 e. The van der Waals surface area contributed by atoms with Crippen molar-refractivity contribution in [3.05, 3.63) is 28.8 Å². The predicted molar refractivity (Wildman–Crippen MR) is 77.1 cm³/mol. The Hall–Kier alpha value is -0.0900. The summed E-state index contributed by atoms with van der Waals surface area (Å²) in [6.07, 6.45) is 2.19. The first-order chi connectivity index (χ1) is 8.27. The maximum atomic E-state index is 6.16. The zero-order valence-corrected chi connectivity index (χ0v) is 13.0. The van der Waals surface area contributed by atoms with E-state index in [1.54, 1.807) is 0 Å². The molecule has 0 aromatic heterocycles. The lowest BCUT2D eigenvalue weighted by atomic mass is 10.2. The Kier molecular flexibility index (Phi) is 10.7. The predicted octanol–water partition coefficient (Wildman–Crippen LogP) is 0.715. The van der Waals surface area contributed by atoms with Crippen molar-refractivity contribution in [2.45, 2.75) is 25.5 Å². The van der Waals surface area contributed by atoms with E-state index in [9.17, 15) is 0 Å². The third-order valence-corrected chi connectivity index (χ3v) is 3.64. The number of nitrogens with two attached hydrogens (primary N) is 1. The van der Waals surface area contributed by atoms with E-state index in [1.807, 2.05) is 23.9 Å². The molecule has 2 N–H and O–H groups in total. The quantitative estimate of drug-likeness (QED) is 0.719. The second-order valence-corrected chi connectivity index (χ2v) is 5.32. The number of ether oxygens (including phenoxy) is 1. The van der Waals surface area contributed by atoms with Gasteiger partial charge in [0.1, 0.15) is 5.75 Å². The lowest BCUT2D eigenvalue weighted by Gasteiger charge is -2.09. The van der Waals surface area contributed by atoms with Crippen LogP contribution < -0.4 is 22.9 Å². The number of halogens is 2. The molecule has 104 valence electrons. The van der Waals surface area contributed by atoms with Gasteiger partial charge in [-0.05, 0) is 24.1 Å². The van der Waals surface area contributed by atoms with Gasteiger partial charge in [-0.15, -0.1) is 0 Å². The van der Waals surface area contributed by atoms with Gasteiger partial charge >= 0.3 is 0 Å². The Morgan fingerprint density at radius 3 is 2.78 bits per heavy atom. The van der Waals surface area contributed by atoms with E-state index in [-0.39, 0.29) is 12.4 Å². The highest BCUT2D eigenvalue weighted by atomic mass is 35.5.